The van der Waals surface area contributed by atoms with Gasteiger partial charge in [0.2, 0.25) is 0 Å². The summed E-state index contributed by atoms with van der Waals surface area (Å²) in [6, 6.07) is 3.01. The van der Waals surface area contributed by atoms with Gasteiger partial charge in [-0.1, -0.05) is 6.92 Å². The number of hydrogen-bond donors (Lipinski definition) is 1. The van der Waals surface area contributed by atoms with E-state index in [1.54, 1.807) is 0 Å². The highest BCUT2D eigenvalue weighted by molar-refractivity contribution is 7.91. The van der Waals surface area contributed by atoms with Crippen molar-refractivity contribution in [2.45, 2.75) is 57.0 Å². The quantitative estimate of drug-likeness (QED) is 0.767. The predicted octanol–water partition coefficient (Wildman–Crippen LogP) is 1.31. The van der Waals surface area contributed by atoms with E-state index in [0.717, 1.165) is 38.8 Å². The summed E-state index contributed by atoms with van der Waals surface area (Å²) in [4.78, 5) is 2.24. The van der Waals surface area contributed by atoms with Crippen LogP contribution in [0.3, 0.4) is 0 Å². The maximum Gasteiger partial charge on any atom is 0.151 e. The maximum atomic E-state index is 11.6. The lowest BCUT2D eigenvalue weighted by Gasteiger charge is -2.28. The molecule has 0 aromatic carbocycles. The largest absolute Gasteiger partial charge is 0.302 e. The smallest absolute Gasteiger partial charge is 0.151 e. The molecule has 1 aliphatic heterocycles. The molecule has 0 bridgehead atoms. The van der Waals surface area contributed by atoms with Crippen molar-refractivity contribution in [1.29, 1.82) is 5.26 Å². The lowest BCUT2D eigenvalue weighted by molar-refractivity contribution is 0.267. The summed E-state index contributed by atoms with van der Waals surface area (Å²) in [5.74, 6) is 0.605. The zero-order valence-corrected chi connectivity index (χ0v) is 13.8. The van der Waals surface area contributed by atoms with E-state index in [1.807, 2.05) is 0 Å². The Kier molecular flexibility index (Phi) is 5.64. The number of sulfone groups is 1. The van der Waals surface area contributed by atoms with Crippen LogP contribution in [-0.4, -0.2) is 56.0 Å². The van der Waals surface area contributed by atoms with Crippen LogP contribution in [0.25, 0.3) is 0 Å². The highest BCUT2D eigenvalue weighted by Gasteiger charge is 2.34. The lowest BCUT2D eigenvalue weighted by Crippen LogP contribution is -2.45. The Morgan fingerprint density at radius 3 is 2.71 bits per heavy atom. The minimum Gasteiger partial charge on any atom is -0.302 e. The van der Waals surface area contributed by atoms with Gasteiger partial charge in [-0.25, -0.2) is 8.42 Å². The predicted molar refractivity (Wildman–Crippen MR) is 83.7 cm³/mol. The van der Waals surface area contributed by atoms with Crippen molar-refractivity contribution >= 4 is 9.84 Å². The molecule has 0 spiro atoms. The molecule has 1 saturated heterocycles. The summed E-state index contributed by atoms with van der Waals surface area (Å²) in [7, 11) is -2.83. The molecular formula is C15H27N3O2S. The molecule has 1 aliphatic carbocycles. The van der Waals surface area contributed by atoms with Crippen molar-refractivity contribution in [3.8, 4) is 6.07 Å². The molecule has 1 saturated carbocycles. The van der Waals surface area contributed by atoms with Gasteiger partial charge in [0.05, 0.1) is 17.6 Å². The van der Waals surface area contributed by atoms with Gasteiger partial charge in [0.15, 0.2) is 9.84 Å². The molecule has 1 N–H and O–H groups in total. The van der Waals surface area contributed by atoms with Gasteiger partial charge in [-0.15, -0.1) is 0 Å². The van der Waals surface area contributed by atoms with E-state index in [1.165, 1.54) is 12.8 Å². The van der Waals surface area contributed by atoms with E-state index < -0.39 is 9.84 Å². The summed E-state index contributed by atoms with van der Waals surface area (Å²) in [6.07, 6.45) is 5.73. The molecule has 1 unspecified atom stereocenters. The molecule has 5 nitrogen and oxygen atoms in total. The first-order valence-corrected chi connectivity index (χ1v) is 9.92. The summed E-state index contributed by atoms with van der Waals surface area (Å²) in [6.45, 7) is 4.47. The summed E-state index contributed by atoms with van der Waals surface area (Å²) >= 11 is 0. The Hall–Kier alpha value is -0.640. The van der Waals surface area contributed by atoms with E-state index in [9.17, 15) is 13.7 Å². The Bertz CT molecular complexity index is 482. The van der Waals surface area contributed by atoms with Gasteiger partial charge in [-0.3, -0.25) is 5.32 Å². The van der Waals surface area contributed by atoms with Gasteiger partial charge < -0.3 is 4.90 Å². The fourth-order valence-electron chi connectivity index (χ4n) is 2.95. The Morgan fingerprint density at radius 2 is 2.10 bits per heavy atom. The first kappa shape index (κ1) is 16.7. The molecular weight excluding hydrogens is 286 g/mol. The number of nitrogens with one attached hydrogen (secondary N) is 1. The number of rotatable bonds is 7. The van der Waals surface area contributed by atoms with Crippen LogP contribution in [0.4, 0.5) is 0 Å². The van der Waals surface area contributed by atoms with E-state index in [-0.39, 0.29) is 11.3 Å². The van der Waals surface area contributed by atoms with Crippen LogP contribution >= 0.6 is 0 Å². The summed E-state index contributed by atoms with van der Waals surface area (Å²) < 4.78 is 23.2. The van der Waals surface area contributed by atoms with Crippen molar-refractivity contribution in [3.63, 3.8) is 0 Å². The monoisotopic (exact) mass is 313 g/mol. The summed E-state index contributed by atoms with van der Waals surface area (Å²) in [5, 5.41) is 13.0. The Labute approximate surface area is 128 Å². The van der Waals surface area contributed by atoms with E-state index in [4.69, 9.17) is 0 Å². The van der Waals surface area contributed by atoms with Crippen LogP contribution in [0, 0.1) is 11.3 Å². The van der Waals surface area contributed by atoms with Crippen LogP contribution in [0.2, 0.25) is 0 Å². The second-order valence-electron chi connectivity index (χ2n) is 6.42. The Balaban J connectivity index is 1.78. The third-order valence-electron chi connectivity index (χ3n) is 4.60. The Morgan fingerprint density at radius 1 is 1.33 bits per heavy atom. The molecule has 6 heteroatoms. The van der Waals surface area contributed by atoms with Gasteiger partial charge in [-0.2, -0.15) is 5.26 Å². The second kappa shape index (κ2) is 7.08. The second-order valence-corrected chi connectivity index (χ2v) is 8.72. The average molecular weight is 313 g/mol. The topological polar surface area (TPSA) is 73.2 Å². The number of nitrogens with zero attached hydrogens (tertiary/aromatic N) is 2. The van der Waals surface area contributed by atoms with Gasteiger partial charge in [-0.05, 0) is 51.6 Å². The molecule has 0 aromatic rings. The molecule has 2 fully saturated rings. The van der Waals surface area contributed by atoms with Crippen LogP contribution in [0.5, 0.6) is 0 Å². The minimum absolute atomic E-state index is 0.282. The van der Waals surface area contributed by atoms with Crippen molar-refractivity contribution < 1.29 is 8.42 Å². The van der Waals surface area contributed by atoms with E-state index >= 15 is 0 Å². The van der Waals surface area contributed by atoms with Crippen LogP contribution in [0.15, 0.2) is 0 Å². The van der Waals surface area contributed by atoms with Gasteiger partial charge in [0.25, 0.3) is 0 Å². The van der Waals surface area contributed by atoms with E-state index in [0.29, 0.717) is 18.3 Å². The zero-order chi connectivity index (χ0) is 15.3. The summed E-state index contributed by atoms with van der Waals surface area (Å²) in [5.41, 5.74) is -0.390. The third kappa shape index (κ3) is 5.24. The third-order valence-corrected chi connectivity index (χ3v) is 6.32. The van der Waals surface area contributed by atoms with Crippen LogP contribution < -0.4 is 5.32 Å². The average Bonchev–Trinajstić information content (AvgIpc) is 3.27. The van der Waals surface area contributed by atoms with Crippen molar-refractivity contribution in [2.75, 3.05) is 31.1 Å². The molecule has 2 aliphatic rings. The first-order chi connectivity index (χ1) is 9.99. The van der Waals surface area contributed by atoms with Crippen molar-refractivity contribution in [3.05, 3.63) is 0 Å². The van der Waals surface area contributed by atoms with Gasteiger partial charge in [0, 0.05) is 12.6 Å². The highest BCUT2D eigenvalue weighted by Crippen LogP contribution is 2.26. The van der Waals surface area contributed by atoms with Crippen molar-refractivity contribution in [1.82, 2.24) is 10.2 Å². The van der Waals surface area contributed by atoms with Gasteiger partial charge in [0.1, 0.15) is 5.54 Å². The standard InChI is InChI=1S/C15H27N3O2S/c1-2-15(13-16,17-14-5-6-14)7-3-8-18-9-4-11-21(19,20)12-10-18/h14,17H,2-12H2,1H3. The zero-order valence-electron chi connectivity index (χ0n) is 13.0. The fraction of sp³-hybridized carbons (Fsp3) is 0.933. The van der Waals surface area contributed by atoms with Crippen LogP contribution in [0.1, 0.15) is 45.4 Å². The molecule has 1 heterocycles. The SMILES string of the molecule is CCC(C#N)(CCCN1CCCS(=O)(=O)CC1)NC1CC1. The molecule has 1 atom stereocenters. The molecule has 0 amide bonds. The van der Waals surface area contributed by atoms with E-state index in [2.05, 4.69) is 23.2 Å². The molecule has 0 radical (unpaired) electrons. The molecule has 0 aromatic heterocycles. The number of hydrogen-bond acceptors (Lipinski definition) is 5. The lowest BCUT2D eigenvalue weighted by atomic mass is 9.91. The highest BCUT2D eigenvalue weighted by atomic mass is 32.2. The van der Waals surface area contributed by atoms with Crippen LogP contribution in [-0.2, 0) is 9.84 Å². The normalized spacial score (nSPS) is 25.7. The fourth-order valence-corrected chi connectivity index (χ4v) is 4.26. The molecule has 120 valence electrons. The minimum atomic E-state index is -2.83. The molecule has 21 heavy (non-hydrogen) atoms. The van der Waals surface area contributed by atoms with Gasteiger partial charge >= 0.3 is 0 Å². The molecule has 2 rings (SSSR count). The first-order valence-electron chi connectivity index (χ1n) is 8.10. The van der Waals surface area contributed by atoms with Crippen molar-refractivity contribution in [2.24, 2.45) is 0 Å². The maximum absolute atomic E-state index is 11.6. The number of nitriles is 1.